The summed E-state index contributed by atoms with van der Waals surface area (Å²) in [5.41, 5.74) is 4.47. The summed E-state index contributed by atoms with van der Waals surface area (Å²) in [6.45, 7) is 7.07. The summed E-state index contributed by atoms with van der Waals surface area (Å²) in [6, 6.07) is 15.4. The Bertz CT molecular complexity index is 1550. The largest absolute Gasteiger partial charge is 0.493 e. The second kappa shape index (κ2) is 13.5. The Morgan fingerprint density at radius 3 is 2.57 bits per heavy atom. The number of nitrogens with one attached hydrogen (secondary N) is 3. The number of amides is 3. The number of carbonyl (C=O) groups excluding carboxylic acids is 3. The van der Waals surface area contributed by atoms with Crippen LogP contribution in [0.5, 0.6) is 17.2 Å². The molecule has 42 heavy (non-hydrogen) atoms. The molecule has 3 N–H and O–H groups in total. The first-order chi connectivity index (χ1) is 20.2. The molecule has 1 heterocycles. The van der Waals surface area contributed by atoms with Crippen LogP contribution in [-0.4, -0.2) is 50.5 Å². The average Bonchev–Trinajstić information content (AvgIpc) is 2.96. The van der Waals surface area contributed by atoms with Crippen LogP contribution in [0.25, 0.3) is 10.8 Å². The Hall–Kier alpha value is -5.06. The molecule has 220 valence electrons. The van der Waals surface area contributed by atoms with Gasteiger partial charge < -0.3 is 29.6 Å². The second-order valence-electron chi connectivity index (χ2n) is 9.65. The molecular weight excluding hydrogens is 540 g/mol. The molecule has 0 radical (unpaired) electrons. The summed E-state index contributed by atoms with van der Waals surface area (Å²) in [6.07, 6.45) is 1.52. The van der Waals surface area contributed by atoms with Gasteiger partial charge in [-0.3, -0.25) is 4.79 Å². The molecule has 11 nitrogen and oxygen atoms in total. The Kier molecular flexibility index (Phi) is 9.64. The van der Waals surface area contributed by atoms with Gasteiger partial charge in [0.1, 0.15) is 5.75 Å². The molecular formula is C31H34N4O7. The standard InChI is InChI=1S/C31H34N4O7/c1-6-40-30(37)28-19(4)33-31(38)34-29(28)21-12-14-25(26(15-21)39-5)41-17-27(36)35-32-16-23-22-10-8-7-9-20(22)11-13-24(23)42-18(2)3/h7-16,18,29H,6,17H2,1-5H3,(H,35,36)(H2,33,34,38)/b32-16+/t29-/m1/s1. The maximum Gasteiger partial charge on any atom is 0.338 e. The van der Waals surface area contributed by atoms with Crippen molar-refractivity contribution in [3.63, 3.8) is 0 Å². The molecule has 0 unspecified atom stereocenters. The molecule has 4 rings (SSSR count). The van der Waals surface area contributed by atoms with E-state index in [0.717, 1.165) is 16.3 Å². The van der Waals surface area contributed by atoms with Gasteiger partial charge >= 0.3 is 12.0 Å². The maximum atomic E-state index is 12.6. The van der Waals surface area contributed by atoms with Crippen LogP contribution in [0.2, 0.25) is 0 Å². The van der Waals surface area contributed by atoms with Gasteiger partial charge in [0.05, 0.1) is 37.7 Å². The summed E-state index contributed by atoms with van der Waals surface area (Å²) in [5, 5.41) is 11.4. The first kappa shape index (κ1) is 29.9. The molecule has 1 aliphatic heterocycles. The summed E-state index contributed by atoms with van der Waals surface area (Å²) in [5.74, 6) is 0.223. The van der Waals surface area contributed by atoms with Gasteiger partial charge in [0.15, 0.2) is 18.1 Å². The van der Waals surface area contributed by atoms with E-state index in [1.807, 2.05) is 50.2 Å². The Balaban J connectivity index is 1.46. The van der Waals surface area contributed by atoms with Crippen LogP contribution < -0.4 is 30.3 Å². The lowest BCUT2D eigenvalue weighted by Crippen LogP contribution is -2.45. The highest BCUT2D eigenvalue weighted by Gasteiger charge is 2.32. The fourth-order valence-corrected chi connectivity index (χ4v) is 4.52. The molecule has 0 saturated heterocycles. The van der Waals surface area contributed by atoms with Crippen LogP contribution in [0.4, 0.5) is 4.79 Å². The normalized spacial score (nSPS) is 14.9. The van der Waals surface area contributed by atoms with E-state index >= 15 is 0 Å². The van der Waals surface area contributed by atoms with Gasteiger partial charge in [0.25, 0.3) is 5.91 Å². The highest BCUT2D eigenvalue weighted by atomic mass is 16.5. The number of ether oxygens (including phenoxy) is 4. The van der Waals surface area contributed by atoms with Gasteiger partial charge in [-0.1, -0.05) is 36.4 Å². The molecule has 0 aliphatic carbocycles. The summed E-state index contributed by atoms with van der Waals surface area (Å²) >= 11 is 0. The van der Waals surface area contributed by atoms with Crippen molar-refractivity contribution in [2.75, 3.05) is 20.3 Å². The zero-order valence-electron chi connectivity index (χ0n) is 24.1. The smallest absolute Gasteiger partial charge is 0.338 e. The number of nitrogens with zero attached hydrogens (tertiary/aromatic N) is 1. The van der Waals surface area contributed by atoms with Crippen molar-refractivity contribution in [3.05, 3.63) is 77.0 Å². The highest BCUT2D eigenvalue weighted by molar-refractivity contribution is 6.02. The lowest BCUT2D eigenvalue weighted by Gasteiger charge is -2.28. The van der Waals surface area contributed by atoms with Crippen molar-refractivity contribution in [2.24, 2.45) is 5.10 Å². The van der Waals surface area contributed by atoms with Crippen molar-refractivity contribution in [1.29, 1.82) is 0 Å². The monoisotopic (exact) mass is 574 g/mol. The van der Waals surface area contributed by atoms with Crippen molar-refractivity contribution in [3.8, 4) is 17.2 Å². The van der Waals surface area contributed by atoms with E-state index in [9.17, 15) is 14.4 Å². The number of allylic oxidation sites excluding steroid dienone is 1. The fraction of sp³-hybridized carbons (Fsp3) is 0.290. The Labute approximate surface area is 243 Å². The minimum absolute atomic E-state index is 0.0366. The lowest BCUT2D eigenvalue weighted by molar-refractivity contribution is -0.139. The molecule has 0 saturated carbocycles. The number of carbonyl (C=O) groups is 3. The molecule has 0 aromatic heterocycles. The van der Waals surface area contributed by atoms with Crippen LogP contribution in [0.1, 0.15) is 44.9 Å². The fourth-order valence-electron chi connectivity index (χ4n) is 4.52. The number of methoxy groups -OCH3 is 1. The predicted molar refractivity (Wildman–Crippen MR) is 158 cm³/mol. The van der Waals surface area contributed by atoms with Crippen molar-refractivity contribution in [1.82, 2.24) is 16.1 Å². The molecule has 0 spiro atoms. The number of esters is 1. The summed E-state index contributed by atoms with van der Waals surface area (Å²) in [4.78, 5) is 37.3. The number of rotatable bonds is 11. The third-order valence-corrected chi connectivity index (χ3v) is 6.32. The average molecular weight is 575 g/mol. The summed E-state index contributed by atoms with van der Waals surface area (Å²) < 4.78 is 22.3. The quantitative estimate of drug-likeness (QED) is 0.176. The minimum Gasteiger partial charge on any atom is -0.493 e. The summed E-state index contributed by atoms with van der Waals surface area (Å²) in [7, 11) is 1.45. The third kappa shape index (κ3) is 6.98. The molecule has 3 aromatic carbocycles. The van der Waals surface area contributed by atoms with E-state index < -0.39 is 23.9 Å². The van der Waals surface area contributed by atoms with E-state index in [-0.39, 0.29) is 24.9 Å². The first-order valence-corrected chi connectivity index (χ1v) is 13.5. The number of benzene rings is 3. The van der Waals surface area contributed by atoms with Gasteiger partial charge in [-0.25, -0.2) is 15.0 Å². The van der Waals surface area contributed by atoms with E-state index in [2.05, 4.69) is 21.2 Å². The van der Waals surface area contributed by atoms with Gasteiger partial charge in [-0.15, -0.1) is 0 Å². The zero-order chi connectivity index (χ0) is 30.2. The molecule has 1 atom stereocenters. The SMILES string of the molecule is CCOC(=O)C1=C(C)NC(=O)N[C@@H]1c1ccc(OCC(=O)N/N=C/c2c(OC(C)C)ccc3ccccc23)c(OC)c1. The maximum absolute atomic E-state index is 12.6. The van der Waals surface area contributed by atoms with Crippen molar-refractivity contribution in [2.45, 2.75) is 39.8 Å². The predicted octanol–water partition coefficient (Wildman–Crippen LogP) is 4.36. The molecule has 11 heteroatoms. The topological polar surface area (TPSA) is 137 Å². The second-order valence-corrected chi connectivity index (χ2v) is 9.65. The number of hydrogen-bond donors (Lipinski definition) is 3. The number of urea groups is 1. The van der Waals surface area contributed by atoms with Crippen molar-refractivity contribution >= 4 is 34.9 Å². The van der Waals surface area contributed by atoms with E-state index in [1.165, 1.54) is 7.11 Å². The van der Waals surface area contributed by atoms with E-state index in [1.54, 1.807) is 38.3 Å². The molecule has 3 aromatic rings. The van der Waals surface area contributed by atoms with Crippen LogP contribution in [0, 0.1) is 0 Å². The molecule has 3 amide bonds. The van der Waals surface area contributed by atoms with E-state index in [4.69, 9.17) is 18.9 Å². The molecule has 1 aliphatic rings. The lowest BCUT2D eigenvalue weighted by atomic mass is 9.95. The van der Waals surface area contributed by atoms with Crippen LogP contribution >= 0.6 is 0 Å². The van der Waals surface area contributed by atoms with Gasteiger partial charge in [-0.05, 0) is 62.2 Å². The van der Waals surface area contributed by atoms with Crippen LogP contribution in [0.3, 0.4) is 0 Å². The van der Waals surface area contributed by atoms with Gasteiger partial charge in [0.2, 0.25) is 0 Å². The van der Waals surface area contributed by atoms with Gasteiger partial charge in [-0.2, -0.15) is 5.10 Å². The highest BCUT2D eigenvalue weighted by Crippen LogP contribution is 2.34. The molecule has 0 fully saturated rings. The third-order valence-electron chi connectivity index (χ3n) is 6.32. The minimum atomic E-state index is -0.767. The molecule has 0 bridgehead atoms. The number of hydrazone groups is 1. The zero-order valence-corrected chi connectivity index (χ0v) is 24.1. The number of fused-ring (bicyclic) bond motifs is 1. The van der Waals surface area contributed by atoms with Crippen molar-refractivity contribution < 1.29 is 33.3 Å². The Morgan fingerprint density at radius 2 is 1.83 bits per heavy atom. The van der Waals surface area contributed by atoms with Crippen LogP contribution in [0.15, 0.2) is 71.0 Å². The van der Waals surface area contributed by atoms with Gasteiger partial charge in [0, 0.05) is 11.3 Å². The number of hydrogen-bond acceptors (Lipinski definition) is 8. The van der Waals surface area contributed by atoms with Crippen LogP contribution in [-0.2, 0) is 14.3 Å². The van der Waals surface area contributed by atoms with E-state index in [0.29, 0.717) is 28.5 Å². The first-order valence-electron chi connectivity index (χ1n) is 13.5. The Morgan fingerprint density at radius 1 is 1.07 bits per heavy atom.